The minimum Gasteiger partial charge on any atom is -0.373 e. The molecule has 94 valence electrons. The smallest absolute Gasteiger partial charge is 0.127 e. The summed E-state index contributed by atoms with van der Waals surface area (Å²) in [7, 11) is 1.91. The SMILES string of the molecule is CNc1cc(N(Cc2cccs2)C2CC2)ccn1. The van der Waals surface area contributed by atoms with E-state index in [0.29, 0.717) is 6.04 Å². The van der Waals surface area contributed by atoms with E-state index in [-0.39, 0.29) is 0 Å². The minimum absolute atomic E-state index is 0.708. The van der Waals surface area contributed by atoms with Crippen molar-refractivity contribution in [1.82, 2.24) is 4.98 Å². The number of nitrogens with zero attached hydrogens (tertiary/aromatic N) is 2. The van der Waals surface area contributed by atoms with E-state index < -0.39 is 0 Å². The van der Waals surface area contributed by atoms with Gasteiger partial charge < -0.3 is 10.2 Å². The molecule has 1 saturated carbocycles. The second-order valence-corrected chi connectivity index (χ2v) is 5.62. The highest BCUT2D eigenvalue weighted by Crippen LogP contribution is 2.34. The topological polar surface area (TPSA) is 28.2 Å². The minimum atomic E-state index is 0.708. The lowest BCUT2D eigenvalue weighted by Gasteiger charge is -2.24. The van der Waals surface area contributed by atoms with Gasteiger partial charge in [-0.05, 0) is 30.4 Å². The van der Waals surface area contributed by atoms with Crippen molar-refractivity contribution in [2.75, 3.05) is 17.3 Å². The third kappa shape index (κ3) is 2.48. The van der Waals surface area contributed by atoms with E-state index >= 15 is 0 Å². The number of aromatic nitrogens is 1. The molecule has 0 atom stereocenters. The van der Waals surface area contributed by atoms with Crippen molar-refractivity contribution in [2.45, 2.75) is 25.4 Å². The number of nitrogens with one attached hydrogen (secondary N) is 1. The molecule has 18 heavy (non-hydrogen) atoms. The monoisotopic (exact) mass is 259 g/mol. The van der Waals surface area contributed by atoms with Gasteiger partial charge in [-0.3, -0.25) is 0 Å². The molecule has 1 aliphatic rings. The summed E-state index contributed by atoms with van der Waals surface area (Å²) in [6, 6.07) is 9.27. The van der Waals surface area contributed by atoms with E-state index in [1.165, 1.54) is 23.4 Å². The van der Waals surface area contributed by atoms with Crippen LogP contribution in [0.4, 0.5) is 11.5 Å². The largest absolute Gasteiger partial charge is 0.373 e. The summed E-state index contributed by atoms with van der Waals surface area (Å²) in [6.07, 6.45) is 4.50. The Morgan fingerprint density at radius 1 is 1.44 bits per heavy atom. The van der Waals surface area contributed by atoms with E-state index in [1.807, 2.05) is 24.6 Å². The maximum atomic E-state index is 4.28. The highest BCUT2D eigenvalue weighted by molar-refractivity contribution is 7.09. The number of hydrogen-bond donors (Lipinski definition) is 1. The molecular formula is C14H17N3S. The number of anilines is 2. The molecule has 0 aromatic carbocycles. The van der Waals surface area contributed by atoms with Gasteiger partial charge in [0, 0.05) is 35.9 Å². The first-order valence-electron chi connectivity index (χ1n) is 6.29. The average Bonchev–Trinajstić information content (AvgIpc) is 3.13. The molecule has 3 rings (SSSR count). The van der Waals surface area contributed by atoms with Crippen molar-refractivity contribution in [2.24, 2.45) is 0 Å². The number of pyridine rings is 1. The third-order valence-corrected chi connectivity index (χ3v) is 4.09. The van der Waals surface area contributed by atoms with Crippen molar-refractivity contribution >= 4 is 22.8 Å². The van der Waals surface area contributed by atoms with Gasteiger partial charge in [-0.1, -0.05) is 6.07 Å². The molecule has 0 spiro atoms. The van der Waals surface area contributed by atoms with Gasteiger partial charge >= 0.3 is 0 Å². The second kappa shape index (κ2) is 4.98. The molecular weight excluding hydrogens is 242 g/mol. The van der Waals surface area contributed by atoms with Crippen molar-refractivity contribution in [1.29, 1.82) is 0 Å². The van der Waals surface area contributed by atoms with Gasteiger partial charge in [-0.25, -0.2) is 4.98 Å². The lowest BCUT2D eigenvalue weighted by atomic mass is 10.3. The van der Waals surface area contributed by atoms with Crippen LogP contribution in [0.5, 0.6) is 0 Å². The first kappa shape index (κ1) is 11.5. The average molecular weight is 259 g/mol. The molecule has 0 unspecified atom stereocenters. The molecule has 1 aliphatic carbocycles. The number of rotatable bonds is 5. The van der Waals surface area contributed by atoms with Crippen LogP contribution in [0.15, 0.2) is 35.8 Å². The fourth-order valence-corrected chi connectivity index (χ4v) is 2.83. The molecule has 3 nitrogen and oxygen atoms in total. The third-order valence-electron chi connectivity index (χ3n) is 3.23. The van der Waals surface area contributed by atoms with E-state index in [9.17, 15) is 0 Å². The summed E-state index contributed by atoms with van der Waals surface area (Å²) in [6.45, 7) is 1.01. The zero-order valence-corrected chi connectivity index (χ0v) is 11.3. The molecule has 0 saturated heterocycles. The Balaban J connectivity index is 1.84. The molecule has 0 amide bonds. The maximum Gasteiger partial charge on any atom is 0.127 e. The molecule has 2 aromatic heterocycles. The van der Waals surface area contributed by atoms with E-state index in [4.69, 9.17) is 0 Å². The van der Waals surface area contributed by atoms with Gasteiger partial charge in [0.1, 0.15) is 5.82 Å². The molecule has 0 aliphatic heterocycles. The van der Waals surface area contributed by atoms with Gasteiger partial charge in [0.25, 0.3) is 0 Å². The molecule has 0 radical (unpaired) electrons. The van der Waals surface area contributed by atoms with Crippen LogP contribution < -0.4 is 10.2 Å². The number of hydrogen-bond acceptors (Lipinski definition) is 4. The van der Waals surface area contributed by atoms with Crippen LogP contribution in [0, 0.1) is 0 Å². The summed E-state index contributed by atoms with van der Waals surface area (Å²) >= 11 is 1.83. The Kier molecular flexibility index (Phi) is 3.19. The van der Waals surface area contributed by atoms with Crippen LogP contribution in [0.2, 0.25) is 0 Å². The Labute approximate surface area is 111 Å². The van der Waals surface area contributed by atoms with E-state index in [2.05, 4.69) is 44.8 Å². The van der Waals surface area contributed by atoms with Gasteiger partial charge in [0.2, 0.25) is 0 Å². The summed E-state index contributed by atoms with van der Waals surface area (Å²) in [5.41, 5.74) is 1.27. The first-order valence-corrected chi connectivity index (χ1v) is 7.17. The van der Waals surface area contributed by atoms with Crippen LogP contribution in [-0.4, -0.2) is 18.1 Å². The summed E-state index contributed by atoms with van der Waals surface area (Å²) in [5, 5.41) is 5.25. The Morgan fingerprint density at radius 2 is 2.33 bits per heavy atom. The zero-order chi connectivity index (χ0) is 12.4. The fourth-order valence-electron chi connectivity index (χ4n) is 2.12. The van der Waals surface area contributed by atoms with Crippen LogP contribution in [-0.2, 0) is 6.54 Å². The van der Waals surface area contributed by atoms with Crippen molar-refractivity contribution in [3.05, 3.63) is 40.7 Å². The van der Waals surface area contributed by atoms with Crippen LogP contribution in [0.25, 0.3) is 0 Å². The Hall–Kier alpha value is -1.55. The first-order chi connectivity index (χ1) is 8.86. The Morgan fingerprint density at radius 3 is 3.00 bits per heavy atom. The maximum absolute atomic E-state index is 4.28. The zero-order valence-electron chi connectivity index (χ0n) is 10.5. The van der Waals surface area contributed by atoms with Crippen LogP contribution in [0.1, 0.15) is 17.7 Å². The molecule has 1 N–H and O–H groups in total. The number of thiophene rings is 1. The Bertz CT molecular complexity index is 506. The lowest BCUT2D eigenvalue weighted by Crippen LogP contribution is -2.24. The van der Waals surface area contributed by atoms with Gasteiger partial charge in [0.15, 0.2) is 0 Å². The van der Waals surface area contributed by atoms with E-state index in [1.54, 1.807) is 0 Å². The van der Waals surface area contributed by atoms with Gasteiger partial charge in [-0.2, -0.15) is 0 Å². The highest BCUT2D eigenvalue weighted by atomic mass is 32.1. The quantitative estimate of drug-likeness (QED) is 0.892. The molecule has 2 heterocycles. The lowest BCUT2D eigenvalue weighted by molar-refractivity contribution is 0.802. The predicted molar refractivity (Wildman–Crippen MR) is 77.3 cm³/mol. The molecule has 4 heteroatoms. The normalized spacial score (nSPS) is 14.5. The fraction of sp³-hybridized carbons (Fsp3) is 0.357. The van der Waals surface area contributed by atoms with Gasteiger partial charge in [-0.15, -0.1) is 11.3 Å². The summed E-state index contributed by atoms with van der Waals surface area (Å²) in [5.74, 6) is 0.935. The van der Waals surface area contributed by atoms with Crippen molar-refractivity contribution in [3.8, 4) is 0 Å². The van der Waals surface area contributed by atoms with Crippen LogP contribution in [0.3, 0.4) is 0 Å². The van der Waals surface area contributed by atoms with Crippen molar-refractivity contribution < 1.29 is 0 Å². The standard InChI is InChI=1S/C14H17N3S/c1-15-14-9-12(6-7-16-14)17(11-4-5-11)10-13-3-2-8-18-13/h2-3,6-9,11H,4-5,10H2,1H3,(H,15,16). The van der Waals surface area contributed by atoms with Crippen molar-refractivity contribution in [3.63, 3.8) is 0 Å². The summed E-state index contributed by atoms with van der Waals surface area (Å²) in [4.78, 5) is 8.20. The predicted octanol–water partition coefficient (Wildman–Crippen LogP) is 3.35. The molecule has 2 aromatic rings. The molecule has 1 fully saturated rings. The van der Waals surface area contributed by atoms with Gasteiger partial charge in [0.05, 0.1) is 6.54 Å². The summed E-state index contributed by atoms with van der Waals surface area (Å²) < 4.78 is 0. The molecule has 0 bridgehead atoms. The second-order valence-electron chi connectivity index (χ2n) is 4.59. The van der Waals surface area contributed by atoms with E-state index in [0.717, 1.165) is 12.4 Å². The van der Waals surface area contributed by atoms with Crippen LogP contribution >= 0.6 is 11.3 Å². The highest BCUT2D eigenvalue weighted by Gasteiger charge is 2.29.